The van der Waals surface area contributed by atoms with Gasteiger partial charge in [0.2, 0.25) is 0 Å². The second-order valence-corrected chi connectivity index (χ2v) is 6.71. The molecule has 1 aliphatic heterocycles. The van der Waals surface area contributed by atoms with Crippen molar-refractivity contribution in [3.05, 3.63) is 35.2 Å². The first-order valence-corrected chi connectivity index (χ1v) is 8.25. The molecule has 0 unspecified atom stereocenters. The van der Waals surface area contributed by atoms with Crippen LogP contribution in [0.15, 0.2) is 18.2 Å². The van der Waals surface area contributed by atoms with E-state index in [2.05, 4.69) is 29.0 Å². The summed E-state index contributed by atoms with van der Waals surface area (Å²) >= 11 is 0. The molecule has 0 amide bonds. The summed E-state index contributed by atoms with van der Waals surface area (Å²) in [6.07, 6.45) is 6.93. The summed E-state index contributed by atoms with van der Waals surface area (Å²) in [7, 11) is 2.11. The lowest BCUT2D eigenvalue weighted by atomic mass is 9.99. The van der Waals surface area contributed by atoms with Gasteiger partial charge in [-0.3, -0.25) is 0 Å². The summed E-state index contributed by atoms with van der Waals surface area (Å²) in [4.78, 5) is 4.42. The van der Waals surface area contributed by atoms with Gasteiger partial charge in [0.1, 0.15) is 5.82 Å². The van der Waals surface area contributed by atoms with E-state index in [1.54, 1.807) is 6.07 Å². The third-order valence-corrected chi connectivity index (χ3v) is 4.66. The highest BCUT2D eigenvalue weighted by molar-refractivity contribution is 5.63. The molecule has 2 fully saturated rings. The smallest absolute Gasteiger partial charge is 0.146 e. The first kappa shape index (κ1) is 15.5. The van der Waals surface area contributed by atoms with E-state index in [1.165, 1.54) is 12.8 Å². The Kier molecular flexibility index (Phi) is 4.50. The van der Waals surface area contributed by atoms with E-state index >= 15 is 0 Å². The van der Waals surface area contributed by atoms with Gasteiger partial charge in [0.15, 0.2) is 0 Å². The maximum atomic E-state index is 14.5. The Labute approximate surface area is 132 Å². The Morgan fingerprint density at radius 1 is 1.23 bits per heavy atom. The van der Waals surface area contributed by atoms with Crippen LogP contribution in [-0.4, -0.2) is 38.1 Å². The summed E-state index contributed by atoms with van der Waals surface area (Å²) in [5, 5.41) is 0. The van der Waals surface area contributed by atoms with Crippen LogP contribution >= 0.6 is 0 Å². The number of allylic oxidation sites excluding steroid dienone is 1. The van der Waals surface area contributed by atoms with Crippen molar-refractivity contribution < 1.29 is 4.39 Å². The number of likely N-dealkylation sites (N-methyl/N-ethyl adjacent to an activating group) is 1. The summed E-state index contributed by atoms with van der Waals surface area (Å²) < 4.78 is 14.5. The molecular formula is C18H26FN3. The van der Waals surface area contributed by atoms with E-state index in [-0.39, 0.29) is 11.9 Å². The molecule has 1 heterocycles. The normalized spacial score (nSPS) is 21.5. The molecular weight excluding hydrogens is 277 g/mol. The number of rotatable bonds is 4. The molecule has 2 aliphatic rings. The monoisotopic (exact) mass is 303 g/mol. The third-order valence-electron chi connectivity index (χ3n) is 4.66. The van der Waals surface area contributed by atoms with Crippen LogP contribution in [0.4, 0.5) is 10.1 Å². The minimum Gasteiger partial charge on any atom is -0.367 e. The Morgan fingerprint density at radius 3 is 2.50 bits per heavy atom. The first-order valence-electron chi connectivity index (χ1n) is 8.25. The van der Waals surface area contributed by atoms with Gasteiger partial charge in [-0.1, -0.05) is 12.2 Å². The zero-order valence-electron chi connectivity index (χ0n) is 13.6. The van der Waals surface area contributed by atoms with E-state index in [1.807, 2.05) is 13.0 Å². The zero-order chi connectivity index (χ0) is 15.7. The average Bonchev–Trinajstić information content (AvgIpc) is 3.31. The minimum atomic E-state index is -0.158. The van der Waals surface area contributed by atoms with Gasteiger partial charge in [0.25, 0.3) is 0 Å². The van der Waals surface area contributed by atoms with Gasteiger partial charge in [-0.15, -0.1) is 0 Å². The highest BCUT2D eigenvalue weighted by Gasteiger charge is 2.21. The van der Waals surface area contributed by atoms with Gasteiger partial charge in [0.05, 0.1) is 5.69 Å². The van der Waals surface area contributed by atoms with Gasteiger partial charge in [-0.2, -0.15) is 0 Å². The van der Waals surface area contributed by atoms with Crippen LogP contribution in [0.5, 0.6) is 0 Å². The molecule has 1 saturated carbocycles. The molecule has 1 aliphatic carbocycles. The Morgan fingerprint density at radius 2 is 1.91 bits per heavy atom. The SMILES string of the molecule is C[C@H](N)c1cc(F)c(N2CCN(C)CC2)cc1/C=C/C1CC1. The largest absolute Gasteiger partial charge is 0.367 e. The average molecular weight is 303 g/mol. The molecule has 1 aromatic rings. The second kappa shape index (κ2) is 6.39. The number of halogens is 1. The van der Waals surface area contributed by atoms with Crippen molar-refractivity contribution in [2.75, 3.05) is 38.1 Å². The molecule has 120 valence electrons. The lowest BCUT2D eigenvalue weighted by molar-refractivity contribution is 0.311. The van der Waals surface area contributed by atoms with Crippen molar-refractivity contribution in [3.8, 4) is 0 Å². The van der Waals surface area contributed by atoms with Crippen LogP contribution in [0.25, 0.3) is 6.08 Å². The number of hydrogen-bond acceptors (Lipinski definition) is 3. The highest BCUT2D eigenvalue weighted by Crippen LogP contribution is 2.33. The number of nitrogens with zero attached hydrogens (tertiary/aromatic N) is 2. The van der Waals surface area contributed by atoms with Crippen LogP contribution < -0.4 is 10.6 Å². The predicted molar refractivity (Wildman–Crippen MR) is 90.5 cm³/mol. The molecule has 22 heavy (non-hydrogen) atoms. The topological polar surface area (TPSA) is 32.5 Å². The molecule has 0 spiro atoms. The van der Waals surface area contributed by atoms with E-state index in [0.717, 1.165) is 37.3 Å². The van der Waals surface area contributed by atoms with Gasteiger partial charge in [-0.05, 0) is 56.0 Å². The molecule has 3 nitrogen and oxygen atoms in total. The van der Waals surface area contributed by atoms with Crippen molar-refractivity contribution in [1.82, 2.24) is 4.90 Å². The van der Waals surface area contributed by atoms with Crippen molar-refractivity contribution >= 4 is 11.8 Å². The molecule has 0 radical (unpaired) electrons. The van der Waals surface area contributed by atoms with Crippen molar-refractivity contribution in [2.45, 2.75) is 25.8 Å². The summed E-state index contributed by atoms with van der Waals surface area (Å²) in [6.45, 7) is 5.61. The number of hydrogen-bond donors (Lipinski definition) is 1. The Balaban J connectivity index is 1.90. The Hall–Kier alpha value is -1.39. The van der Waals surface area contributed by atoms with Gasteiger partial charge >= 0.3 is 0 Å². The summed E-state index contributed by atoms with van der Waals surface area (Å²) in [5.74, 6) is 0.554. The van der Waals surface area contributed by atoms with E-state index < -0.39 is 0 Å². The van der Waals surface area contributed by atoms with Crippen LogP contribution in [0.3, 0.4) is 0 Å². The van der Waals surface area contributed by atoms with Gasteiger partial charge < -0.3 is 15.5 Å². The number of anilines is 1. The maximum Gasteiger partial charge on any atom is 0.146 e. The van der Waals surface area contributed by atoms with E-state index in [9.17, 15) is 4.39 Å². The molecule has 1 atom stereocenters. The van der Waals surface area contributed by atoms with Crippen LogP contribution in [0, 0.1) is 11.7 Å². The first-order chi connectivity index (χ1) is 10.5. The molecule has 0 aromatic heterocycles. The van der Waals surface area contributed by atoms with Crippen molar-refractivity contribution in [1.29, 1.82) is 0 Å². The lowest BCUT2D eigenvalue weighted by Crippen LogP contribution is -2.44. The van der Waals surface area contributed by atoms with Gasteiger partial charge in [0, 0.05) is 32.2 Å². The predicted octanol–water partition coefficient (Wildman–Crippen LogP) is 3.02. The number of nitrogens with two attached hydrogens (primary N) is 1. The quantitative estimate of drug-likeness (QED) is 0.928. The van der Waals surface area contributed by atoms with E-state index in [4.69, 9.17) is 5.73 Å². The van der Waals surface area contributed by atoms with Crippen molar-refractivity contribution in [3.63, 3.8) is 0 Å². The van der Waals surface area contributed by atoms with Crippen LogP contribution in [0.1, 0.15) is 36.9 Å². The van der Waals surface area contributed by atoms with E-state index in [0.29, 0.717) is 11.6 Å². The lowest BCUT2D eigenvalue weighted by Gasteiger charge is -2.34. The number of piperazine rings is 1. The molecule has 3 rings (SSSR count). The Bertz CT molecular complexity index is 556. The molecule has 2 N–H and O–H groups in total. The summed E-state index contributed by atoms with van der Waals surface area (Å²) in [6, 6.07) is 3.46. The maximum absolute atomic E-state index is 14.5. The van der Waals surface area contributed by atoms with Crippen LogP contribution in [-0.2, 0) is 0 Å². The fraction of sp³-hybridized carbons (Fsp3) is 0.556. The third kappa shape index (κ3) is 3.50. The fourth-order valence-electron chi connectivity index (χ4n) is 2.95. The number of benzene rings is 1. The molecule has 1 aromatic carbocycles. The zero-order valence-corrected chi connectivity index (χ0v) is 13.6. The van der Waals surface area contributed by atoms with Gasteiger partial charge in [-0.25, -0.2) is 4.39 Å². The molecule has 4 heteroatoms. The standard InChI is InChI=1S/C18H26FN3/c1-13(20)16-12-17(19)18(22-9-7-21(2)8-10-22)11-15(16)6-5-14-3-4-14/h5-6,11-14H,3-4,7-10,20H2,1-2H3/b6-5+/t13-/m0/s1. The van der Waals surface area contributed by atoms with Crippen LogP contribution in [0.2, 0.25) is 0 Å². The molecule has 0 bridgehead atoms. The molecule has 1 saturated heterocycles. The fourth-order valence-corrected chi connectivity index (χ4v) is 2.95. The highest BCUT2D eigenvalue weighted by atomic mass is 19.1. The second-order valence-electron chi connectivity index (χ2n) is 6.71. The minimum absolute atomic E-state index is 0.152. The van der Waals surface area contributed by atoms with Crippen molar-refractivity contribution in [2.24, 2.45) is 11.7 Å². The summed E-state index contributed by atoms with van der Waals surface area (Å²) in [5.41, 5.74) is 8.71.